The zero-order valence-corrected chi connectivity index (χ0v) is 19.4. The van der Waals surface area contributed by atoms with Gasteiger partial charge in [-0.15, -0.1) is 0 Å². The minimum absolute atomic E-state index is 0.00551. The van der Waals surface area contributed by atoms with E-state index in [2.05, 4.69) is 22.9 Å². The van der Waals surface area contributed by atoms with E-state index >= 15 is 0 Å². The summed E-state index contributed by atoms with van der Waals surface area (Å²) in [5.74, 6) is -2.68. The molecule has 0 aromatic heterocycles. The zero-order chi connectivity index (χ0) is 24.7. The van der Waals surface area contributed by atoms with E-state index in [-0.39, 0.29) is 31.6 Å². The molecule has 2 unspecified atom stereocenters. The number of hydroxylamine groups is 1. The summed E-state index contributed by atoms with van der Waals surface area (Å²) >= 11 is 0. The Bertz CT molecular complexity index is 978. The van der Waals surface area contributed by atoms with Crippen LogP contribution in [0, 0.1) is 11.8 Å². The summed E-state index contributed by atoms with van der Waals surface area (Å²) in [6, 6.07) is 16.1. The van der Waals surface area contributed by atoms with Gasteiger partial charge in [-0.05, 0) is 28.2 Å². The number of rotatable bonds is 11. The maximum absolute atomic E-state index is 12.5. The normalized spacial score (nSPS) is 14.1. The molecule has 182 valence electrons. The van der Waals surface area contributed by atoms with E-state index in [4.69, 9.17) is 19.4 Å². The van der Waals surface area contributed by atoms with Crippen molar-refractivity contribution in [2.24, 2.45) is 11.8 Å². The van der Waals surface area contributed by atoms with Crippen molar-refractivity contribution < 1.29 is 33.8 Å². The molecule has 9 heteroatoms. The number of hydrogen-bond acceptors (Lipinski definition) is 6. The number of nitrogens with one attached hydrogen (secondary N) is 2. The maximum atomic E-state index is 12.5. The Morgan fingerprint density at radius 3 is 2.12 bits per heavy atom. The van der Waals surface area contributed by atoms with E-state index < -0.39 is 30.0 Å². The highest BCUT2D eigenvalue weighted by Crippen LogP contribution is 2.44. The van der Waals surface area contributed by atoms with Gasteiger partial charge in [-0.25, -0.2) is 15.1 Å². The average molecular weight is 471 g/mol. The molecule has 9 nitrogen and oxygen atoms in total. The Kier molecular flexibility index (Phi) is 8.61. The van der Waals surface area contributed by atoms with Crippen molar-refractivity contribution in [3.63, 3.8) is 0 Å². The number of benzene rings is 2. The Morgan fingerprint density at radius 1 is 1.00 bits per heavy atom. The van der Waals surface area contributed by atoms with Gasteiger partial charge in [-0.3, -0.25) is 9.63 Å². The lowest BCUT2D eigenvalue weighted by atomic mass is 9.95. The smallest absolute Gasteiger partial charge is 0.407 e. The number of alkyl carbamates (subject to hydrolysis) is 1. The molecule has 2 aromatic rings. The first-order valence-corrected chi connectivity index (χ1v) is 11.1. The fraction of sp³-hybridized carbons (Fsp3) is 0.400. The second-order valence-corrected chi connectivity index (χ2v) is 8.42. The molecule has 0 radical (unpaired) electrons. The van der Waals surface area contributed by atoms with Gasteiger partial charge in [-0.2, -0.15) is 0 Å². The lowest BCUT2D eigenvalue weighted by Crippen LogP contribution is -2.44. The Hall–Kier alpha value is -3.43. The van der Waals surface area contributed by atoms with Crippen molar-refractivity contribution in [3.05, 3.63) is 59.7 Å². The van der Waals surface area contributed by atoms with Crippen LogP contribution in [0.25, 0.3) is 11.1 Å². The lowest BCUT2D eigenvalue weighted by molar-refractivity contribution is -0.166. The number of amides is 2. The number of carbonyl (C=O) groups is 3. The van der Waals surface area contributed by atoms with Crippen LogP contribution in [0.4, 0.5) is 4.79 Å². The van der Waals surface area contributed by atoms with E-state index in [1.807, 2.05) is 50.2 Å². The molecular formula is C25H30N2O7. The van der Waals surface area contributed by atoms with Crippen molar-refractivity contribution >= 4 is 18.0 Å². The van der Waals surface area contributed by atoms with Gasteiger partial charge in [0.15, 0.2) is 0 Å². The van der Waals surface area contributed by atoms with Crippen molar-refractivity contribution in [1.29, 1.82) is 0 Å². The Labute approximate surface area is 198 Å². The maximum Gasteiger partial charge on any atom is 0.407 e. The van der Waals surface area contributed by atoms with E-state index in [9.17, 15) is 14.4 Å². The first-order valence-electron chi connectivity index (χ1n) is 11.1. The highest BCUT2D eigenvalue weighted by molar-refractivity contribution is 5.80. The largest absolute Gasteiger partial charge is 0.479 e. The van der Waals surface area contributed by atoms with Gasteiger partial charge in [-0.1, -0.05) is 62.4 Å². The van der Waals surface area contributed by atoms with E-state index in [0.717, 1.165) is 22.3 Å². The summed E-state index contributed by atoms with van der Waals surface area (Å²) in [5.41, 5.74) is 6.65. The molecule has 0 heterocycles. The molecule has 2 aromatic carbocycles. The summed E-state index contributed by atoms with van der Waals surface area (Å²) in [5, 5.41) is 11.7. The van der Waals surface area contributed by atoms with Crippen molar-refractivity contribution in [3.8, 4) is 11.1 Å². The molecule has 0 aliphatic heterocycles. The van der Waals surface area contributed by atoms with Crippen LogP contribution in [0.5, 0.6) is 0 Å². The molecule has 3 rings (SSSR count). The van der Waals surface area contributed by atoms with Crippen LogP contribution in [0.1, 0.15) is 30.9 Å². The third-order valence-corrected chi connectivity index (χ3v) is 5.85. The third-order valence-electron chi connectivity index (χ3n) is 5.85. The minimum Gasteiger partial charge on any atom is -0.479 e. The zero-order valence-electron chi connectivity index (χ0n) is 19.4. The summed E-state index contributed by atoms with van der Waals surface area (Å²) in [6.45, 7) is 3.57. The molecule has 2 atom stereocenters. The number of carboxylic acid groups (broad SMARTS) is 1. The Balaban J connectivity index is 1.54. The fourth-order valence-electron chi connectivity index (χ4n) is 3.99. The first-order chi connectivity index (χ1) is 16.3. The van der Waals surface area contributed by atoms with Crippen molar-refractivity contribution in [2.45, 2.75) is 25.9 Å². The predicted octanol–water partition coefficient (Wildman–Crippen LogP) is 2.94. The molecule has 3 N–H and O–H groups in total. The number of carboxylic acids is 1. The molecule has 2 amide bonds. The molecule has 0 bridgehead atoms. The van der Waals surface area contributed by atoms with Gasteiger partial charge in [0.05, 0.1) is 12.5 Å². The molecule has 34 heavy (non-hydrogen) atoms. The van der Waals surface area contributed by atoms with Gasteiger partial charge in [0, 0.05) is 19.6 Å². The number of hydrogen-bond donors (Lipinski definition) is 3. The number of carbonyl (C=O) groups excluding carboxylic acids is 2. The van der Waals surface area contributed by atoms with Crippen LogP contribution >= 0.6 is 0 Å². The van der Waals surface area contributed by atoms with Gasteiger partial charge < -0.3 is 19.9 Å². The van der Waals surface area contributed by atoms with Crippen molar-refractivity contribution in [1.82, 2.24) is 10.8 Å². The third kappa shape index (κ3) is 5.92. The second-order valence-electron chi connectivity index (χ2n) is 8.42. The van der Waals surface area contributed by atoms with Crippen LogP contribution in [-0.4, -0.2) is 56.0 Å². The quantitative estimate of drug-likeness (QED) is 0.432. The number of methoxy groups -OCH3 is 1. The molecule has 0 saturated heterocycles. The summed E-state index contributed by atoms with van der Waals surface area (Å²) in [4.78, 5) is 41.0. The minimum atomic E-state index is -1.34. The highest BCUT2D eigenvalue weighted by atomic mass is 16.7. The number of ether oxygens (including phenoxy) is 2. The molecule has 0 fully saturated rings. The average Bonchev–Trinajstić information content (AvgIpc) is 3.14. The second kappa shape index (κ2) is 11.6. The van der Waals surface area contributed by atoms with Gasteiger partial charge >= 0.3 is 12.1 Å². The van der Waals surface area contributed by atoms with Crippen LogP contribution in [-0.2, 0) is 23.9 Å². The van der Waals surface area contributed by atoms with Gasteiger partial charge in [0.2, 0.25) is 12.0 Å². The van der Waals surface area contributed by atoms with Crippen LogP contribution in [0.15, 0.2) is 48.5 Å². The van der Waals surface area contributed by atoms with Gasteiger partial charge in [0.25, 0.3) is 0 Å². The molecule has 0 saturated carbocycles. The number of fused-ring (bicyclic) bond motifs is 3. The summed E-state index contributed by atoms with van der Waals surface area (Å²) in [6.07, 6.45) is -1.97. The molecule has 1 aliphatic carbocycles. The first kappa shape index (κ1) is 25.2. The highest BCUT2D eigenvalue weighted by Gasteiger charge is 2.30. The van der Waals surface area contributed by atoms with E-state index in [1.54, 1.807) is 0 Å². The summed E-state index contributed by atoms with van der Waals surface area (Å²) in [7, 11) is 1.33. The van der Waals surface area contributed by atoms with E-state index in [0.29, 0.717) is 0 Å². The predicted molar refractivity (Wildman–Crippen MR) is 124 cm³/mol. The standard InChI is InChI=1S/C25H30N2O7/c1-15(2)20(23(28)27-34-22(14-32-3)24(29)30)12-26-25(31)33-13-21-18-10-6-4-8-16(18)17-9-5-7-11-19(17)21/h4-11,15,20-22H,12-14H2,1-3H3,(H,26,31)(H,27,28)(H,29,30). The van der Waals surface area contributed by atoms with E-state index in [1.165, 1.54) is 7.11 Å². The molecular weight excluding hydrogens is 440 g/mol. The fourth-order valence-corrected chi connectivity index (χ4v) is 3.99. The van der Waals surface area contributed by atoms with Crippen molar-refractivity contribution in [2.75, 3.05) is 26.9 Å². The number of aliphatic carboxylic acids is 1. The lowest BCUT2D eigenvalue weighted by Gasteiger charge is -2.22. The molecule has 0 spiro atoms. The topological polar surface area (TPSA) is 123 Å². The SMILES string of the molecule is COCC(ONC(=O)C(CNC(=O)OCC1c2ccccc2-c2ccccc21)C(C)C)C(=O)O. The summed E-state index contributed by atoms with van der Waals surface area (Å²) < 4.78 is 10.3. The van der Waals surface area contributed by atoms with Crippen LogP contribution in [0.2, 0.25) is 0 Å². The van der Waals surface area contributed by atoms with Crippen LogP contribution < -0.4 is 10.8 Å². The van der Waals surface area contributed by atoms with Crippen LogP contribution in [0.3, 0.4) is 0 Å². The Morgan fingerprint density at radius 2 is 1.59 bits per heavy atom. The monoisotopic (exact) mass is 470 g/mol. The molecule has 1 aliphatic rings. The van der Waals surface area contributed by atoms with Gasteiger partial charge in [0.1, 0.15) is 6.61 Å².